The summed E-state index contributed by atoms with van der Waals surface area (Å²) >= 11 is 11.5. The van der Waals surface area contributed by atoms with Gasteiger partial charge in [-0.1, -0.05) is 23.7 Å². The Kier molecular flexibility index (Phi) is 6.34. The van der Waals surface area contributed by atoms with Crippen LogP contribution in [0, 0.1) is 0 Å². The Balaban J connectivity index is 1.83. The monoisotopic (exact) mass is 344 g/mol. The summed E-state index contributed by atoms with van der Waals surface area (Å²) in [5.41, 5.74) is 0.511. The van der Waals surface area contributed by atoms with E-state index < -0.39 is 6.09 Å². The third-order valence-electron chi connectivity index (χ3n) is 3.52. The molecular weight excluding hydrogens is 327 g/mol. The minimum Gasteiger partial charge on any atom is -0.448 e. The van der Waals surface area contributed by atoms with Crippen molar-refractivity contribution in [3.8, 4) is 0 Å². The average molecular weight is 345 g/mol. The molecule has 1 saturated heterocycles. The van der Waals surface area contributed by atoms with Crippen LogP contribution in [-0.2, 0) is 4.74 Å². The minimum absolute atomic E-state index is 0.0121. The molecule has 0 bridgehead atoms. The van der Waals surface area contributed by atoms with Crippen molar-refractivity contribution in [1.29, 1.82) is 0 Å². The number of nitrogens with one attached hydrogen (secondary N) is 1. The number of hydrogen-bond donors (Lipinski definition) is 1. The molecule has 0 saturated carbocycles. The van der Waals surface area contributed by atoms with Crippen LogP contribution in [0.5, 0.6) is 0 Å². The molecule has 0 aromatic heterocycles. The highest BCUT2D eigenvalue weighted by Gasteiger charge is 2.25. The largest absolute Gasteiger partial charge is 0.448 e. The van der Waals surface area contributed by atoms with E-state index >= 15 is 0 Å². The summed E-state index contributed by atoms with van der Waals surface area (Å²) in [7, 11) is 0. The van der Waals surface area contributed by atoms with E-state index in [-0.39, 0.29) is 24.4 Å². The summed E-state index contributed by atoms with van der Waals surface area (Å²) in [6.07, 6.45) is 0.912. The lowest BCUT2D eigenvalue weighted by molar-refractivity contribution is 0.0703. The molecule has 1 aromatic rings. The number of rotatable bonds is 4. The Bertz CT molecular complexity index is 531. The van der Waals surface area contributed by atoms with Gasteiger partial charge in [-0.05, 0) is 25.0 Å². The number of piperidine rings is 1. The van der Waals surface area contributed by atoms with E-state index in [4.69, 9.17) is 27.9 Å². The zero-order chi connectivity index (χ0) is 15.9. The van der Waals surface area contributed by atoms with E-state index in [9.17, 15) is 9.59 Å². The van der Waals surface area contributed by atoms with Gasteiger partial charge in [-0.15, -0.1) is 11.6 Å². The molecule has 2 amide bonds. The number of alkyl carbamates (subject to hydrolysis) is 1. The Morgan fingerprint density at radius 2 is 1.95 bits per heavy atom. The molecule has 120 valence electrons. The SMILES string of the molecule is O=C(NC1CCN(C(=O)c2ccccc2Cl)CC1)OCCCl. The van der Waals surface area contributed by atoms with Crippen LogP contribution in [0.1, 0.15) is 23.2 Å². The predicted octanol–water partition coefficient (Wildman–Crippen LogP) is 2.91. The summed E-state index contributed by atoms with van der Waals surface area (Å²) in [5, 5.41) is 3.24. The molecule has 1 aromatic carbocycles. The molecule has 0 aliphatic carbocycles. The second-order valence-corrected chi connectivity index (χ2v) is 5.80. The lowest BCUT2D eigenvalue weighted by Crippen LogP contribution is -2.46. The number of nitrogens with zero attached hydrogens (tertiary/aromatic N) is 1. The molecule has 22 heavy (non-hydrogen) atoms. The molecule has 0 unspecified atom stereocenters. The minimum atomic E-state index is -0.462. The lowest BCUT2D eigenvalue weighted by Gasteiger charge is -2.32. The van der Waals surface area contributed by atoms with Crippen molar-refractivity contribution in [3.63, 3.8) is 0 Å². The van der Waals surface area contributed by atoms with Crippen molar-refractivity contribution < 1.29 is 14.3 Å². The van der Waals surface area contributed by atoms with Gasteiger partial charge in [0.05, 0.1) is 16.5 Å². The Morgan fingerprint density at radius 1 is 1.27 bits per heavy atom. The number of carbonyl (C=O) groups is 2. The van der Waals surface area contributed by atoms with Crippen LogP contribution in [0.15, 0.2) is 24.3 Å². The fourth-order valence-corrected chi connectivity index (χ4v) is 2.67. The number of alkyl halides is 1. The third kappa shape index (κ3) is 4.52. The summed E-state index contributed by atoms with van der Waals surface area (Å²) < 4.78 is 4.87. The average Bonchev–Trinajstić information content (AvgIpc) is 2.53. The van der Waals surface area contributed by atoms with Gasteiger partial charge in [0.2, 0.25) is 0 Å². The smallest absolute Gasteiger partial charge is 0.407 e. The van der Waals surface area contributed by atoms with Gasteiger partial charge >= 0.3 is 6.09 Å². The van der Waals surface area contributed by atoms with Gasteiger partial charge in [-0.3, -0.25) is 4.79 Å². The van der Waals surface area contributed by atoms with Crippen LogP contribution in [0.2, 0.25) is 5.02 Å². The molecule has 5 nitrogen and oxygen atoms in total. The first kappa shape index (κ1) is 16.9. The number of likely N-dealkylation sites (tertiary alicyclic amines) is 1. The zero-order valence-corrected chi connectivity index (χ0v) is 13.6. The van der Waals surface area contributed by atoms with Crippen LogP contribution in [-0.4, -0.2) is 48.5 Å². The normalized spacial score (nSPS) is 15.5. The molecular formula is C15H18Cl2N2O3. The Labute approximate surface area is 139 Å². The maximum Gasteiger partial charge on any atom is 0.407 e. The molecule has 1 fully saturated rings. The second-order valence-electron chi connectivity index (χ2n) is 5.02. The Morgan fingerprint density at radius 3 is 2.59 bits per heavy atom. The van der Waals surface area contributed by atoms with Gasteiger partial charge in [-0.25, -0.2) is 4.79 Å². The first-order valence-corrected chi connectivity index (χ1v) is 8.06. The van der Waals surface area contributed by atoms with Gasteiger partial charge in [0.1, 0.15) is 6.61 Å². The molecule has 7 heteroatoms. The number of benzene rings is 1. The van der Waals surface area contributed by atoms with Crippen molar-refractivity contribution in [2.75, 3.05) is 25.6 Å². The Hall–Kier alpha value is -1.46. The van der Waals surface area contributed by atoms with E-state index in [1.807, 2.05) is 0 Å². The quantitative estimate of drug-likeness (QED) is 0.854. The van der Waals surface area contributed by atoms with E-state index in [0.29, 0.717) is 36.5 Å². The molecule has 1 heterocycles. The molecule has 1 N–H and O–H groups in total. The maximum absolute atomic E-state index is 12.4. The van der Waals surface area contributed by atoms with Gasteiger partial charge < -0.3 is 15.0 Å². The summed E-state index contributed by atoms with van der Waals surface area (Å²) in [6, 6.07) is 7.02. The van der Waals surface area contributed by atoms with Crippen molar-refractivity contribution in [3.05, 3.63) is 34.9 Å². The van der Waals surface area contributed by atoms with E-state index in [1.54, 1.807) is 29.2 Å². The summed E-state index contributed by atoms with van der Waals surface area (Å²) in [4.78, 5) is 25.6. The van der Waals surface area contributed by atoms with Crippen LogP contribution >= 0.6 is 23.2 Å². The van der Waals surface area contributed by atoms with Crippen molar-refractivity contribution in [2.45, 2.75) is 18.9 Å². The highest BCUT2D eigenvalue weighted by molar-refractivity contribution is 6.33. The second kappa shape index (κ2) is 8.25. The predicted molar refractivity (Wildman–Crippen MR) is 85.6 cm³/mol. The fourth-order valence-electron chi connectivity index (χ4n) is 2.37. The van der Waals surface area contributed by atoms with E-state index in [1.165, 1.54) is 0 Å². The highest BCUT2D eigenvalue weighted by Crippen LogP contribution is 2.20. The van der Waals surface area contributed by atoms with Crippen molar-refractivity contribution in [1.82, 2.24) is 10.2 Å². The first-order valence-electron chi connectivity index (χ1n) is 7.15. The summed E-state index contributed by atoms with van der Waals surface area (Å²) in [6.45, 7) is 1.34. The number of halogens is 2. The molecule has 2 rings (SSSR count). The fraction of sp³-hybridized carbons (Fsp3) is 0.467. The zero-order valence-electron chi connectivity index (χ0n) is 12.1. The molecule has 1 aliphatic heterocycles. The number of amides is 2. The van der Waals surface area contributed by atoms with E-state index in [2.05, 4.69) is 5.32 Å². The first-order chi connectivity index (χ1) is 10.6. The standard InChI is InChI=1S/C15H18Cl2N2O3/c16-7-10-22-15(21)18-11-5-8-19(9-6-11)14(20)12-3-1-2-4-13(12)17/h1-4,11H,5-10H2,(H,18,21). The molecule has 1 aliphatic rings. The van der Waals surface area contributed by atoms with Crippen LogP contribution in [0.3, 0.4) is 0 Å². The van der Waals surface area contributed by atoms with Crippen molar-refractivity contribution >= 4 is 35.2 Å². The van der Waals surface area contributed by atoms with Gasteiger partial charge in [-0.2, -0.15) is 0 Å². The van der Waals surface area contributed by atoms with E-state index in [0.717, 1.165) is 0 Å². The van der Waals surface area contributed by atoms with Gasteiger partial charge in [0, 0.05) is 19.1 Å². The van der Waals surface area contributed by atoms with Crippen LogP contribution in [0.4, 0.5) is 4.79 Å². The number of ether oxygens (including phenoxy) is 1. The number of hydrogen-bond acceptors (Lipinski definition) is 3. The van der Waals surface area contributed by atoms with Crippen LogP contribution in [0.25, 0.3) is 0 Å². The lowest BCUT2D eigenvalue weighted by atomic mass is 10.0. The van der Waals surface area contributed by atoms with Crippen LogP contribution < -0.4 is 5.32 Å². The maximum atomic E-state index is 12.4. The van der Waals surface area contributed by atoms with Crippen molar-refractivity contribution in [2.24, 2.45) is 0 Å². The summed E-state index contributed by atoms with van der Waals surface area (Å²) in [5.74, 6) is 0.201. The third-order valence-corrected chi connectivity index (χ3v) is 4.00. The van der Waals surface area contributed by atoms with Gasteiger partial charge in [0.15, 0.2) is 0 Å². The molecule has 0 spiro atoms. The number of carbonyl (C=O) groups excluding carboxylic acids is 2. The van der Waals surface area contributed by atoms with Gasteiger partial charge in [0.25, 0.3) is 5.91 Å². The molecule has 0 radical (unpaired) electrons. The molecule has 0 atom stereocenters. The topological polar surface area (TPSA) is 58.6 Å². The highest BCUT2D eigenvalue weighted by atomic mass is 35.5.